The summed E-state index contributed by atoms with van der Waals surface area (Å²) in [5, 5.41) is 25.1. The lowest BCUT2D eigenvalue weighted by Crippen LogP contribution is -2.49. The molecule has 8 nitrogen and oxygen atoms in total. The van der Waals surface area contributed by atoms with E-state index in [0.29, 0.717) is 24.5 Å². The lowest BCUT2D eigenvalue weighted by molar-refractivity contribution is 0.0679. The maximum absolute atomic E-state index is 11.1. The fourth-order valence-electron chi connectivity index (χ4n) is 3.49. The van der Waals surface area contributed by atoms with Crippen molar-refractivity contribution in [2.45, 2.75) is 50.9 Å². The quantitative estimate of drug-likeness (QED) is 0.545. The molecule has 0 saturated heterocycles. The summed E-state index contributed by atoms with van der Waals surface area (Å²) >= 11 is 0. The summed E-state index contributed by atoms with van der Waals surface area (Å²) in [4.78, 5) is 30.4. The molecule has 2 atom stereocenters. The molecule has 4 N–H and O–H groups in total. The molecular formula is C20H24N4O4. The summed E-state index contributed by atoms with van der Waals surface area (Å²) in [6.07, 6.45) is 4.29. The number of carboxylic acids is 2. The molecule has 0 bridgehead atoms. The zero-order valence-corrected chi connectivity index (χ0v) is 15.5. The maximum Gasteiger partial charge on any atom is 0.354 e. The summed E-state index contributed by atoms with van der Waals surface area (Å²) in [5.74, 6) is -2.06. The van der Waals surface area contributed by atoms with E-state index >= 15 is 0 Å². The Kier molecular flexibility index (Phi) is 6.67. The van der Waals surface area contributed by atoms with Crippen molar-refractivity contribution in [3.8, 4) is 0 Å². The molecule has 28 heavy (non-hydrogen) atoms. The van der Waals surface area contributed by atoms with Crippen molar-refractivity contribution in [3.05, 3.63) is 59.2 Å². The van der Waals surface area contributed by atoms with Crippen LogP contribution in [-0.4, -0.2) is 44.2 Å². The van der Waals surface area contributed by atoms with Crippen molar-refractivity contribution in [1.82, 2.24) is 20.6 Å². The van der Waals surface area contributed by atoms with Gasteiger partial charge in [-0.3, -0.25) is 0 Å². The van der Waals surface area contributed by atoms with Gasteiger partial charge in [0.15, 0.2) is 0 Å². The first kappa shape index (κ1) is 19.9. The van der Waals surface area contributed by atoms with Crippen LogP contribution in [0.15, 0.2) is 36.4 Å². The smallest absolute Gasteiger partial charge is 0.354 e. The first-order valence-electron chi connectivity index (χ1n) is 9.38. The Morgan fingerprint density at radius 1 is 0.821 bits per heavy atom. The van der Waals surface area contributed by atoms with E-state index in [-0.39, 0.29) is 23.5 Å². The molecule has 2 aromatic heterocycles. The lowest BCUT2D eigenvalue weighted by atomic mass is 9.90. The van der Waals surface area contributed by atoms with Crippen LogP contribution in [0.25, 0.3) is 0 Å². The average molecular weight is 384 g/mol. The van der Waals surface area contributed by atoms with Crippen LogP contribution in [0.1, 0.15) is 58.0 Å². The number of pyridine rings is 2. The molecule has 1 fully saturated rings. The van der Waals surface area contributed by atoms with Crippen LogP contribution in [0.4, 0.5) is 0 Å². The number of carbonyl (C=O) groups is 2. The van der Waals surface area contributed by atoms with Gasteiger partial charge < -0.3 is 20.8 Å². The van der Waals surface area contributed by atoms with E-state index in [4.69, 9.17) is 10.2 Å². The average Bonchev–Trinajstić information content (AvgIpc) is 2.71. The number of carboxylic acid groups (broad SMARTS) is 2. The van der Waals surface area contributed by atoms with Crippen LogP contribution in [0.3, 0.4) is 0 Å². The number of rotatable bonds is 8. The highest BCUT2D eigenvalue weighted by molar-refractivity contribution is 5.85. The number of aromatic nitrogens is 2. The van der Waals surface area contributed by atoms with Gasteiger partial charge in [0, 0.05) is 25.2 Å². The molecule has 2 aromatic rings. The van der Waals surface area contributed by atoms with Gasteiger partial charge in [-0.2, -0.15) is 0 Å². The number of hydrogen-bond acceptors (Lipinski definition) is 6. The second kappa shape index (κ2) is 9.38. The number of hydrogen-bond donors (Lipinski definition) is 4. The van der Waals surface area contributed by atoms with E-state index < -0.39 is 11.9 Å². The molecule has 148 valence electrons. The third-order valence-corrected chi connectivity index (χ3v) is 4.91. The molecule has 1 aliphatic rings. The minimum Gasteiger partial charge on any atom is -0.477 e. The van der Waals surface area contributed by atoms with E-state index in [1.165, 1.54) is 12.1 Å². The molecule has 0 aromatic carbocycles. The first-order chi connectivity index (χ1) is 13.5. The van der Waals surface area contributed by atoms with E-state index in [1.54, 1.807) is 12.1 Å². The molecule has 0 spiro atoms. The minimum atomic E-state index is -1.03. The maximum atomic E-state index is 11.1. The zero-order chi connectivity index (χ0) is 19.9. The van der Waals surface area contributed by atoms with Crippen molar-refractivity contribution in [1.29, 1.82) is 0 Å². The van der Waals surface area contributed by atoms with E-state index in [0.717, 1.165) is 25.7 Å². The summed E-state index contributed by atoms with van der Waals surface area (Å²) in [6.45, 7) is 0.993. The predicted octanol–water partition coefficient (Wildman–Crippen LogP) is 2.06. The largest absolute Gasteiger partial charge is 0.477 e. The van der Waals surface area contributed by atoms with Gasteiger partial charge in [0.05, 0.1) is 11.4 Å². The number of aromatic carboxylic acids is 2. The molecule has 1 saturated carbocycles. The molecule has 0 unspecified atom stereocenters. The van der Waals surface area contributed by atoms with Gasteiger partial charge in [0.25, 0.3) is 0 Å². The van der Waals surface area contributed by atoms with Gasteiger partial charge in [-0.15, -0.1) is 0 Å². The highest BCUT2D eigenvalue weighted by Crippen LogP contribution is 2.19. The fraction of sp³-hybridized carbons (Fsp3) is 0.400. The van der Waals surface area contributed by atoms with E-state index in [9.17, 15) is 9.59 Å². The highest BCUT2D eigenvalue weighted by atomic mass is 16.4. The van der Waals surface area contributed by atoms with Crippen molar-refractivity contribution in [2.75, 3.05) is 0 Å². The predicted molar refractivity (Wildman–Crippen MR) is 102 cm³/mol. The molecule has 2 heterocycles. The van der Waals surface area contributed by atoms with Crippen LogP contribution >= 0.6 is 0 Å². The SMILES string of the molecule is O=C(O)c1cccc(CN[C@H]2CCCC[C@@H]2NCc2cccc(C(=O)O)n2)n1. The third kappa shape index (κ3) is 5.34. The summed E-state index contributed by atoms with van der Waals surface area (Å²) < 4.78 is 0. The van der Waals surface area contributed by atoms with Crippen LogP contribution in [0, 0.1) is 0 Å². The zero-order valence-electron chi connectivity index (χ0n) is 15.5. The Morgan fingerprint density at radius 2 is 1.25 bits per heavy atom. The molecule has 1 aliphatic carbocycles. The van der Waals surface area contributed by atoms with Gasteiger partial charge in [-0.25, -0.2) is 19.6 Å². The third-order valence-electron chi connectivity index (χ3n) is 4.91. The normalized spacial score (nSPS) is 19.3. The lowest BCUT2D eigenvalue weighted by Gasteiger charge is -2.33. The van der Waals surface area contributed by atoms with Gasteiger partial charge in [-0.05, 0) is 37.1 Å². The minimum absolute atomic E-state index is 0.0435. The van der Waals surface area contributed by atoms with Gasteiger partial charge in [-0.1, -0.05) is 25.0 Å². The van der Waals surface area contributed by atoms with Gasteiger partial charge in [0.1, 0.15) is 11.4 Å². The Balaban J connectivity index is 1.58. The Bertz CT molecular complexity index is 773. The van der Waals surface area contributed by atoms with Crippen molar-refractivity contribution in [2.24, 2.45) is 0 Å². The monoisotopic (exact) mass is 384 g/mol. The summed E-state index contributed by atoms with van der Waals surface area (Å²) in [5.41, 5.74) is 1.48. The Hall–Kier alpha value is -2.84. The fourth-order valence-corrected chi connectivity index (χ4v) is 3.49. The first-order valence-corrected chi connectivity index (χ1v) is 9.38. The van der Waals surface area contributed by atoms with Crippen molar-refractivity contribution < 1.29 is 19.8 Å². The Morgan fingerprint density at radius 3 is 1.64 bits per heavy atom. The van der Waals surface area contributed by atoms with Crippen molar-refractivity contribution in [3.63, 3.8) is 0 Å². The molecule has 0 amide bonds. The van der Waals surface area contributed by atoms with E-state index in [1.807, 2.05) is 12.1 Å². The molecule has 8 heteroatoms. The van der Waals surface area contributed by atoms with Gasteiger partial charge in [0.2, 0.25) is 0 Å². The van der Waals surface area contributed by atoms with Crippen LogP contribution in [0.5, 0.6) is 0 Å². The van der Waals surface area contributed by atoms with Crippen LogP contribution < -0.4 is 10.6 Å². The van der Waals surface area contributed by atoms with Crippen LogP contribution in [0.2, 0.25) is 0 Å². The molecule has 0 aliphatic heterocycles. The highest BCUT2D eigenvalue weighted by Gasteiger charge is 2.24. The Labute approximate surface area is 163 Å². The number of nitrogens with zero attached hydrogens (tertiary/aromatic N) is 2. The second-order valence-electron chi connectivity index (χ2n) is 6.90. The summed E-state index contributed by atoms with van der Waals surface area (Å²) in [7, 11) is 0. The van der Waals surface area contributed by atoms with Gasteiger partial charge >= 0.3 is 11.9 Å². The molecular weight excluding hydrogens is 360 g/mol. The topological polar surface area (TPSA) is 124 Å². The van der Waals surface area contributed by atoms with E-state index in [2.05, 4.69) is 20.6 Å². The standard InChI is InChI=1S/C20H24N4O4/c25-19(26)17-9-3-5-13(23-17)11-21-15-7-1-2-8-16(15)22-12-14-6-4-10-18(24-14)20(27)28/h3-6,9-10,15-16,21-22H,1-2,7-8,11-12H2,(H,25,26)(H,27,28)/t15-,16-/m0/s1. The molecule has 0 radical (unpaired) electrons. The summed E-state index contributed by atoms with van der Waals surface area (Å²) in [6, 6.07) is 10.4. The van der Waals surface area contributed by atoms with Crippen LogP contribution in [-0.2, 0) is 13.1 Å². The molecule has 3 rings (SSSR count). The second-order valence-corrected chi connectivity index (χ2v) is 6.90. The van der Waals surface area contributed by atoms with Crippen molar-refractivity contribution >= 4 is 11.9 Å². The number of nitrogens with one attached hydrogen (secondary N) is 2.